The molecule has 0 aliphatic carbocycles. The van der Waals surface area contributed by atoms with Crippen LogP contribution in [-0.4, -0.2) is 31.0 Å². The third-order valence-corrected chi connectivity index (χ3v) is 11.4. The summed E-state index contributed by atoms with van der Waals surface area (Å²) in [5.41, 5.74) is 3.80. The van der Waals surface area contributed by atoms with Crippen LogP contribution in [0.15, 0.2) is 42.6 Å². The molecule has 3 aromatic rings. The lowest BCUT2D eigenvalue weighted by Gasteiger charge is -2.39. The lowest BCUT2D eigenvalue weighted by molar-refractivity contribution is 0.0699. The van der Waals surface area contributed by atoms with Crippen molar-refractivity contribution in [3.8, 4) is 11.1 Å². The largest absolute Gasteiger partial charge is 0.478 e. The third kappa shape index (κ3) is 4.74. The van der Waals surface area contributed by atoms with Gasteiger partial charge in [0.25, 0.3) is 0 Å². The van der Waals surface area contributed by atoms with Gasteiger partial charge in [0.2, 0.25) is 0 Å². The van der Waals surface area contributed by atoms with E-state index in [1.54, 1.807) is 6.07 Å². The van der Waals surface area contributed by atoms with Crippen molar-refractivity contribution in [3.05, 3.63) is 58.7 Å². The first-order valence-electron chi connectivity index (χ1n) is 10.5. The molecule has 2 aromatic carbocycles. The van der Waals surface area contributed by atoms with Crippen LogP contribution in [0.4, 0.5) is 0 Å². The molecule has 0 radical (unpaired) electrons. The van der Waals surface area contributed by atoms with Crippen molar-refractivity contribution < 1.29 is 14.3 Å². The number of aromatic nitrogens is 1. The Bertz CT molecular complexity index is 1110. The van der Waals surface area contributed by atoms with Gasteiger partial charge in [0.05, 0.1) is 10.6 Å². The summed E-state index contributed by atoms with van der Waals surface area (Å²) in [7, 11) is -1.82. The summed E-state index contributed by atoms with van der Waals surface area (Å²) < 4.78 is 6.48. The van der Waals surface area contributed by atoms with Gasteiger partial charge in [-0.2, -0.15) is 0 Å². The third-order valence-electron chi connectivity index (χ3n) is 6.58. The molecule has 0 atom stereocenters. The maximum atomic E-state index is 11.5. The predicted octanol–water partition coefficient (Wildman–Crippen LogP) is 7.49. The fourth-order valence-electron chi connectivity index (χ4n) is 3.30. The predicted molar refractivity (Wildman–Crippen MR) is 132 cm³/mol. The number of rotatable bonds is 6. The molecule has 0 aliphatic rings. The van der Waals surface area contributed by atoms with Crippen LogP contribution in [-0.2, 0) is 9.84 Å². The van der Waals surface area contributed by atoms with Gasteiger partial charge in [-0.25, -0.2) is 4.79 Å². The summed E-state index contributed by atoms with van der Waals surface area (Å²) in [5.74, 6) is -0.960. The molecule has 2 N–H and O–H groups in total. The lowest BCUT2D eigenvalue weighted by Crippen LogP contribution is -2.43. The summed E-state index contributed by atoms with van der Waals surface area (Å²) in [6.07, 6.45) is 1.50. The molecule has 166 valence electrons. The minimum Gasteiger partial charge on any atom is -0.478 e. The van der Waals surface area contributed by atoms with E-state index in [0.717, 1.165) is 11.1 Å². The average molecular weight is 458 g/mol. The standard InChI is InChI=1S/C25H32ClNO3Si/c1-24(2,3)31(6,7)30-15-25(4,5)17-10-8-16(9-11-17)18-12-19-20(23(28)29)14-27-22(19)13-21(18)26/h8-14,27H,15H2,1-7H3,(H,28,29). The van der Waals surface area contributed by atoms with Crippen LogP contribution >= 0.6 is 11.6 Å². The van der Waals surface area contributed by atoms with Crippen molar-refractivity contribution in [1.29, 1.82) is 0 Å². The Morgan fingerprint density at radius 1 is 1.10 bits per heavy atom. The number of hydrogen-bond donors (Lipinski definition) is 2. The maximum absolute atomic E-state index is 11.5. The summed E-state index contributed by atoms with van der Waals surface area (Å²) >= 11 is 6.52. The van der Waals surface area contributed by atoms with Gasteiger partial charge in [0.1, 0.15) is 0 Å². The molecule has 0 bridgehead atoms. The molecule has 6 heteroatoms. The van der Waals surface area contributed by atoms with Crippen LogP contribution < -0.4 is 0 Å². The van der Waals surface area contributed by atoms with E-state index in [4.69, 9.17) is 16.0 Å². The highest BCUT2D eigenvalue weighted by atomic mass is 35.5. The second kappa shape index (κ2) is 8.12. The summed E-state index contributed by atoms with van der Waals surface area (Å²) in [6, 6.07) is 11.9. The lowest BCUT2D eigenvalue weighted by atomic mass is 9.85. The van der Waals surface area contributed by atoms with Crippen LogP contribution in [0.25, 0.3) is 22.0 Å². The maximum Gasteiger partial charge on any atom is 0.337 e. The first kappa shape index (κ1) is 23.6. The zero-order valence-corrected chi connectivity index (χ0v) is 21.1. The molecule has 0 aliphatic heterocycles. The highest BCUT2D eigenvalue weighted by Gasteiger charge is 2.38. The van der Waals surface area contributed by atoms with E-state index in [2.05, 4.69) is 64.8 Å². The monoisotopic (exact) mass is 457 g/mol. The molecule has 0 fully saturated rings. The topological polar surface area (TPSA) is 62.3 Å². The molecule has 1 heterocycles. The molecular weight excluding hydrogens is 426 g/mol. The van der Waals surface area contributed by atoms with Gasteiger partial charge in [-0.05, 0) is 41.4 Å². The fourth-order valence-corrected chi connectivity index (χ4v) is 4.73. The van der Waals surface area contributed by atoms with E-state index in [1.165, 1.54) is 11.8 Å². The van der Waals surface area contributed by atoms with Crippen molar-refractivity contribution in [1.82, 2.24) is 4.98 Å². The number of halogens is 1. The molecule has 4 nitrogen and oxygen atoms in total. The SMILES string of the molecule is CC(C)(CO[Si](C)(C)C(C)(C)C)c1ccc(-c2cc3c(C(=O)O)c[nH]c3cc2Cl)cc1. The van der Waals surface area contributed by atoms with Crippen molar-refractivity contribution in [3.63, 3.8) is 0 Å². The number of carbonyl (C=O) groups is 1. The first-order valence-corrected chi connectivity index (χ1v) is 13.8. The number of carboxylic acids is 1. The number of aromatic amines is 1. The van der Waals surface area contributed by atoms with Gasteiger partial charge in [-0.1, -0.05) is 70.5 Å². The molecule has 31 heavy (non-hydrogen) atoms. The Hall–Kier alpha value is -2.08. The number of hydrogen-bond acceptors (Lipinski definition) is 2. The van der Waals surface area contributed by atoms with Crippen molar-refractivity contribution in [2.24, 2.45) is 0 Å². The zero-order valence-electron chi connectivity index (χ0n) is 19.4. The minimum absolute atomic E-state index is 0.126. The number of carboxylic acid groups (broad SMARTS) is 1. The van der Waals surface area contributed by atoms with Gasteiger partial charge in [0, 0.05) is 34.7 Å². The van der Waals surface area contributed by atoms with Crippen LogP contribution in [0.5, 0.6) is 0 Å². The number of fused-ring (bicyclic) bond motifs is 1. The van der Waals surface area contributed by atoms with Crippen LogP contribution in [0, 0.1) is 0 Å². The Balaban J connectivity index is 1.88. The fraction of sp³-hybridized carbons (Fsp3) is 0.400. The second-order valence-electron chi connectivity index (χ2n) is 10.4. The molecule has 0 unspecified atom stereocenters. The number of aromatic carboxylic acids is 1. The van der Waals surface area contributed by atoms with Crippen LogP contribution in [0.3, 0.4) is 0 Å². The van der Waals surface area contributed by atoms with E-state index in [-0.39, 0.29) is 16.0 Å². The number of benzene rings is 2. The van der Waals surface area contributed by atoms with E-state index < -0.39 is 14.3 Å². The number of H-pyrrole nitrogens is 1. The van der Waals surface area contributed by atoms with Crippen molar-refractivity contribution >= 4 is 36.8 Å². The minimum atomic E-state index is -1.82. The van der Waals surface area contributed by atoms with Crippen molar-refractivity contribution in [2.75, 3.05) is 6.61 Å². The molecule has 0 spiro atoms. The van der Waals surface area contributed by atoms with E-state index in [0.29, 0.717) is 22.5 Å². The summed E-state index contributed by atoms with van der Waals surface area (Å²) in [5, 5.41) is 10.8. The van der Waals surface area contributed by atoms with Gasteiger partial charge in [0.15, 0.2) is 8.32 Å². The molecule has 0 saturated heterocycles. The molecule has 1 aromatic heterocycles. The quantitative estimate of drug-likeness (QED) is 0.377. The summed E-state index contributed by atoms with van der Waals surface area (Å²) in [6.45, 7) is 16.4. The first-order chi connectivity index (χ1) is 14.2. The second-order valence-corrected chi connectivity index (χ2v) is 15.6. The Morgan fingerprint density at radius 3 is 2.26 bits per heavy atom. The van der Waals surface area contributed by atoms with Gasteiger partial charge in [-0.3, -0.25) is 0 Å². The number of nitrogens with one attached hydrogen (secondary N) is 1. The average Bonchev–Trinajstić information content (AvgIpc) is 3.08. The smallest absolute Gasteiger partial charge is 0.337 e. The van der Waals surface area contributed by atoms with Crippen LogP contribution in [0.2, 0.25) is 23.2 Å². The van der Waals surface area contributed by atoms with Crippen molar-refractivity contribution in [2.45, 2.75) is 58.2 Å². The van der Waals surface area contributed by atoms with Gasteiger partial charge >= 0.3 is 5.97 Å². The molecule has 0 saturated carbocycles. The zero-order chi connectivity index (χ0) is 23.2. The molecular formula is C25H32ClNO3Si. The highest BCUT2D eigenvalue weighted by Crippen LogP contribution is 2.39. The summed E-state index contributed by atoms with van der Waals surface area (Å²) in [4.78, 5) is 14.5. The van der Waals surface area contributed by atoms with Crippen LogP contribution in [0.1, 0.15) is 50.5 Å². The van der Waals surface area contributed by atoms with E-state index in [1.807, 2.05) is 18.2 Å². The molecule has 0 amide bonds. The van der Waals surface area contributed by atoms with E-state index in [9.17, 15) is 9.90 Å². The van der Waals surface area contributed by atoms with Gasteiger partial charge in [-0.15, -0.1) is 0 Å². The highest BCUT2D eigenvalue weighted by molar-refractivity contribution is 6.74. The Labute approximate surface area is 190 Å². The Kier molecular flexibility index (Phi) is 6.17. The molecule has 3 rings (SSSR count). The van der Waals surface area contributed by atoms with E-state index >= 15 is 0 Å². The Morgan fingerprint density at radius 2 is 1.71 bits per heavy atom. The normalized spacial score (nSPS) is 13.0. The van der Waals surface area contributed by atoms with Gasteiger partial charge < -0.3 is 14.5 Å².